The summed E-state index contributed by atoms with van der Waals surface area (Å²) in [6.07, 6.45) is 1.09. The quantitative estimate of drug-likeness (QED) is 0.497. The first-order chi connectivity index (χ1) is 7.90. The molecule has 0 spiro atoms. The van der Waals surface area contributed by atoms with Crippen molar-refractivity contribution in [3.05, 3.63) is 0 Å². The van der Waals surface area contributed by atoms with Crippen molar-refractivity contribution in [1.29, 1.82) is 0 Å². The molecule has 0 atom stereocenters. The summed E-state index contributed by atoms with van der Waals surface area (Å²) in [5.41, 5.74) is -0.479. The van der Waals surface area contributed by atoms with E-state index < -0.39 is 5.41 Å². The van der Waals surface area contributed by atoms with E-state index in [0.29, 0.717) is 19.1 Å². The molecule has 0 bridgehead atoms. The Labute approximate surface area is 105 Å². The van der Waals surface area contributed by atoms with Crippen molar-refractivity contribution < 1.29 is 14.3 Å². The van der Waals surface area contributed by atoms with E-state index >= 15 is 0 Å². The lowest BCUT2D eigenvalue weighted by Crippen LogP contribution is -2.38. The van der Waals surface area contributed by atoms with Crippen LogP contribution in [0.5, 0.6) is 0 Å². The third kappa shape index (κ3) is 8.16. The second kappa shape index (κ2) is 8.48. The molecule has 4 nitrogen and oxygen atoms in total. The molecule has 102 valence electrons. The van der Waals surface area contributed by atoms with E-state index in [1.807, 2.05) is 13.8 Å². The maximum absolute atomic E-state index is 11.4. The van der Waals surface area contributed by atoms with E-state index in [0.717, 1.165) is 19.6 Å². The van der Waals surface area contributed by atoms with E-state index in [2.05, 4.69) is 19.2 Å². The Morgan fingerprint density at radius 3 is 2.47 bits per heavy atom. The van der Waals surface area contributed by atoms with Gasteiger partial charge in [0.25, 0.3) is 0 Å². The third-order valence-corrected chi connectivity index (χ3v) is 2.57. The third-order valence-electron chi connectivity index (χ3n) is 2.57. The first-order valence-corrected chi connectivity index (χ1v) is 6.27. The van der Waals surface area contributed by atoms with Gasteiger partial charge in [0.15, 0.2) is 0 Å². The van der Waals surface area contributed by atoms with Gasteiger partial charge in [-0.05, 0) is 26.2 Å². The molecule has 0 radical (unpaired) electrons. The fraction of sp³-hybridized carbons (Fsp3) is 0.923. The summed E-state index contributed by atoms with van der Waals surface area (Å²) in [5.74, 6) is 0.493. The number of carbonyl (C=O) groups excluding carboxylic acids is 1. The van der Waals surface area contributed by atoms with E-state index in [1.165, 1.54) is 7.11 Å². The van der Waals surface area contributed by atoms with E-state index in [4.69, 9.17) is 9.47 Å². The van der Waals surface area contributed by atoms with Crippen LogP contribution in [0.4, 0.5) is 0 Å². The fourth-order valence-corrected chi connectivity index (χ4v) is 1.31. The van der Waals surface area contributed by atoms with Crippen LogP contribution in [0.2, 0.25) is 0 Å². The van der Waals surface area contributed by atoms with Gasteiger partial charge in [0.1, 0.15) is 0 Å². The lowest BCUT2D eigenvalue weighted by molar-refractivity contribution is -0.150. The first-order valence-electron chi connectivity index (χ1n) is 6.27. The molecule has 0 fully saturated rings. The molecule has 0 aliphatic rings. The Hall–Kier alpha value is -0.610. The maximum Gasteiger partial charge on any atom is 0.312 e. The van der Waals surface area contributed by atoms with Crippen LogP contribution < -0.4 is 5.32 Å². The van der Waals surface area contributed by atoms with Crippen LogP contribution in [0.15, 0.2) is 0 Å². The topological polar surface area (TPSA) is 47.6 Å². The van der Waals surface area contributed by atoms with Crippen molar-refractivity contribution in [3.8, 4) is 0 Å². The first kappa shape index (κ1) is 16.4. The highest BCUT2D eigenvalue weighted by atomic mass is 16.5. The number of rotatable bonds is 9. The normalized spacial score (nSPS) is 11.9. The lowest BCUT2D eigenvalue weighted by Gasteiger charge is -2.21. The van der Waals surface area contributed by atoms with Gasteiger partial charge in [0.05, 0.1) is 19.1 Å². The molecule has 0 aliphatic heterocycles. The Bertz CT molecular complexity index is 215. The second-order valence-electron chi connectivity index (χ2n) is 5.35. The summed E-state index contributed by atoms with van der Waals surface area (Å²) >= 11 is 0. The van der Waals surface area contributed by atoms with Gasteiger partial charge in [0, 0.05) is 19.7 Å². The predicted molar refractivity (Wildman–Crippen MR) is 68.9 cm³/mol. The molecule has 1 N–H and O–H groups in total. The minimum absolute atomic E-state index is 0.189. The summed E-state index contributed by atoms with van der Waals surface area (Å²) in [6.45, 7) is 11.0. The molecule has 0 unspecified atom stereocenters. The van der Waals surface area contributed by atoms with Crippen molar-refractivity contribution in [2.24, 2.45) is 11.3 Å². The van der Waals surface area contributed by atoms with Crippen molar-refractivity contribution in [1.82, 2.24) is 5.32 Å². The predicted octanol–water partition coefficient (Wildman–Crippen LogP) is 1.84. The second-order valence-corrected chi connectivity index (χ2v) is 5.35. The summed E-state index contributed by atoms with van der Waals surface area (Å²) in [4.78, 5) is 11.4. The van der Waals surface area contributed by atoms with Crippen molar-refractivity contribution in [2.75, 3.05) is 33.4 Å². The number of hydrogen-bond acceptors (Lipinski definition) is 4. The van der Waals surface area contributed by atoms with Gasteiger partial charge >= 0.3 is 5.97 Å². The maximum atomic E-state index is 11.4. The van der Waals surface area contributed by atoms with Gasteiger partial charge in [-0.25, -0.2) is 0 Å². The Morgan fingerprint density at radius 1 is 1.29 bits per heavy atom. The molecule has 17 heavy (non-hydrogen) atoms. The average molecular weight is 245 g/mol. The number of esters is 1. The summed E-state index contributed by atoms with van der Waals surface area (Å²) in [6, 6.07) is 0. The lowest BCUT2D eigenvalue weighted by atomic mass is 9.94. The molecular formula is C13H27NO3. The molecule has 4 heteroatoms. The van der Waals surface area contributed by atoms with Crippen molar-refractivity contribution in [2.45, 2.75) is 34.1 Å². The highest BCUT2D eigenvalue weighted by molar-refractivity contribution is 5.75. The van der Waals surface area contributed by atoms with Gasteiger partial charge in [-0.3, -0.25) is 4.79 Å². The van der Waals surface area contributed by atoms with Crippen molar-refractivity contribution >= 4 is 5.97 Å². The largest absolute Gasteiger partial charge is 0.469 e. The Balaban J connectivity index is 3.48. The smallest absolute Gasteiger partial charge is 0.312 e. The van der Waals surface area contributed by atoms with Crippen molar-refractivity contribution in [3.63, 3.8) is 0 Å². The fourth-order valence-electron chi connectivity index (χ4n) is 1.31. The van der Waals surface area contributed by atoms with Gasteiger partial charge in [-0.15, -0.1) is 0 Å². The summed E-state index contributed by atoms with van der Waals surface area (Å²) in [7, 11) is 1.42. The zero-order valence-electron chi connectivity index (χ0n) is 11.8. The molecule has 0 aromatic rings. The standard InChI is InChI=1S/C13H27NO3/c1-11(2)6-8-17-9-7-14-10-13(3,4)12(15)16-5/h11,14H,6-10H2,1-5H3. The van der Waals surface area contributed by atoms with Gasteiger partial charge < -0.3 is 14.8 Å². The minimum atomic E-state index is -0.479. The van der Waals surface area contributed by atoms with Crippen LogP contribution in [0, 0.1) is 11.3 Å². The summed E-state index contributed by atoms with van der Waals surface area (Å²) in [5, 5.41) is 3.20. The van der Waals surface area contributed by atoms with Gasteiger partial charge in [0.2, 0.25) is 0 Å². The van der Waals surface area contributed by atoms with Crippen LogP contribution >= 0.6 is 0 Å². The van der Waals surface area contributed by atoms with Gasteiger partial charge in [-0.2, -0.15) is 0 Å². The molecule has 0 saturated heterocycles. The number of ether oxygens (including phenoxy) is 2. The zero-order chi connectivity index (χ0) is 13.3. The number of methoxy groups -OCH3 is 1. The zero-order valence-corrected chi connectivity index (χ0v) is 11.8. The van der Waals surface area contributed by atoms with Crippen LogP contribution in [0.1, 0.15) is 34.1 Å². The minimum Gasteiger partial charge on any atom is -0.469 e. The average Bonchev–Trinajstić information content (AvgIpc) is 2.26. The molecule has 0 saturated carbocycles. The van der Waals surface area contributed by atoms with Gasteiger partial charge in [-0.1, -0.05) is 13.8 Å². The summed E-state index contributed by atoms with van der Waals surface area (Å²) < 4.78 is 10.2. The SMILES string of the molecule is COC(=O)C(C)(C)CNCCOCCC(C)C. The molecule has 0 aromatic heterocycles. The Morgan fingerprint density at radius 2 is 1.94 bits per heavy atom. The van der Waals surface area contributed by atoms with E-state index in [1.54, 1.807) is 0 Å². The molecule has 0 rings (SSSR count). The highest BCUT2D eigenvalue weighted by Gasteiger charge is 2.27. The Kier molecular flexibility index (Phi) is 8.17. The highest BCUT2D eigenvalue weighted by Crippen LogP contribution is 2.14. The van der Waals surface area contributed by atoms with Crippen LogP contribution in [0.3, 0.4) is 0 Å². The number of nitrogens with one attached hydrogen (secondary N) is 1. The van der Waals surface area contributed by atoms with E-state index in [9.17, 15) is 4.79 Å². The van der Waals surface area contributed by atoms with E-state index in [-0.39, 0.29) is 5.97 Å². The molecule has 0 aromatic carbocycles. The molecule has 0 amide bonds. The van der Waals surface area contributed by atoms with Crippen LogP contribution in [0.25, 0.3) is 0 Å². The molecule has 0 heterocycles. The number of hydrogen-bond donors (Lipinski definition) is 1. The van der Waals surface area contributed by atoms with Crippen LogP contribution in [-0.4, -0.2) is 39.4 Å². The monoisotopic (exact) mass is 245 g/mol. The molecule has 0 aliphatic carbocycles. The molecular weight excluding hydrogens is 218 g/mol. The van der Waals surface area contributed by atoms with Crippen LogP contribution in [-0.2, 0) is 14.3 Å². The number of carbonyl (C=O) groups is 1.